The second kappa shape index (κ2) is 3.70. The molecule has 1 amide bonds. The number of likely N-dealkylation sites (tertiary alicyclic amines) is 1. The molecule has 0 spiro atoms. The zero-order valence-corrected chi connectivity index (χ0v) is 8.96. The molecule has 1 saturated carbocycles. The first-order chi connectivity index (χ1) is 6.68. The molecule has 2 aliphatic rings. The van der Waals surface area contributed by atoms with Crippen LogP contribution in [0.25, 0.3) is 0 Å². The summed E-state index contributed by atoms with van der Waals surface area (Å²) in [6, 6.07) is 0. The van der Waals surface area contributed by atoms with Crippen LogP contribution in [0.2, 0.25) is 0 Å². The summed E-state index contributed by atoms with van der Waals surface area (Å²) < 4.78 is 0. The first kappa shape index (κ1) is 10.2. The van der Waals surface area contributed by atoms with Gasteiger partial charge in [0.2, 0.25) is 5.91 Å². The maximum absolute atomic E-state index is 11.7. The van der Waals surface area contributed by atoms with Gasteiger partial charge in [0.1, 0.15) is 0 Å². The predicted octanol–water partition coefficient (Wildman–Crippen LogP) is 1.13. The van der Waals surface area contributed by atoms with Gasteiger partial charge in [-0.3, -0.25) is 4.79 Å². The molecule has 1 atom stereocenters. The lowest BCUT2D eigenvalue weighted by atomic mass is 9.97. The molecule has 1 saturated heterocycles. The van der Waals surface area contributed by atoms with Crippen molar-refractivity contribution in [2.75, 3.05) is 13.2 Å². The lowest BCUT2D eigenvalue weighted by Gasteiger charge is -2.37. The third-order valence-electron chi connectivity index (χ3n) is 3.48. The van der Waals surface area contributed by atoms with Gasteiger partial charge in [0.05, 0.1) is 17.5 Å². The van der Waals surface area contributed by atoms with Crippen molar-refractivity contribution in [3.63, 3.8) is 0 Å². The van der Waals surface area contributed by atoms with Gasteiger partial charge in [0, 0.05) is 13.0 Å². The van der Waals surface area contributed by atoms with Gasteiger partial charge in [-0.25, -0.2) is 0 Å². The van der Waals surface area contributed by atoms with Gasteiger partial charge in [-0.1, -0.05) is 12.8 Å². The fourth-order valence-corrected chi connectivity index (χ4v) is 2.94. The van der Waals surface area contributed by atoms with E-state index in [0.29, 0.717) is 13.0 Å². The van der Waals surface area contributed by atoms with Crippen molar-refractivity contribution in [1.82, 2.24) is 4.90 Å². The van der Waals surface area contributed by atoms with Crippen molar-refractivity contribution in [1.29, 1.82) is 0 Å². The summed E-state index contributed by atoms with van der Waals surface area (Å²) in [5.41, 5.74) is -0.277. The molecule has 80 valence electrons. The molecular formula is C10H16ClNO2. The molecule has 3 nitrogen and oxygen atoms in total. The van der Waals surface area contributed by atoms with Gasteiger partial charge >= 0.3 is 0 Å². The highest BCUT2D eigenvalue weighted by atomic mass is 35.5. The first-order valence-electron chi connectivity index (χ1n) is 5.23. The highest BCUT2D eigenvalue weighted by molar-refractivity contribution is 6.22. The number of aliphatic hydroxyl groups is 1. The summed E-state index contributed by atoms with van der Waals surface area (Å²) in [6.07, 6.45) is 4.51. The predicted molar refractivity (Wildman–Crippen MR) is 54.3 cm³/mol. The summed E-state index contributed by atoms with van der Waals surface area (Å²) in [7, 11) is 0. The van der Waals surface area contributed by atoms with Crippen LogP contribution in [-0.4, -0.2) is 40.0 Å². The van der Waals surface area contributed by atoms with Crippen molar-refractivity contribution in [2.45, 2.75) is 43.0 Å². The summed E-state index contributed by atoms with van der Waals surface area (Å²) in [5, 5.41) is 9.38. The molecule has 2 fully saturated rings. The Morgan fingerprint density at radius 2 is 2.14 bits per heavy atom. The quantitative estimate of drug-likeness (QED) is 0.705. The van der Waals surface area contributed by atoms with Gasteiger partial charge in [-0.2, -0.15) is 0 Å². The summed E-state index contributed by atoms with van der Waals surface area (Å²) in [6.45, 7) is 0.698. The van der Waals surface area contributed by atoms with Crippen molar-refractivity contribution in [2.24, 2.45) is 0 Å². The topological polar surface area (TPSA) is 40.5 Å². The van der Waals surface area contributed by atoms with E-state index < -0.39 is 0 Å². The summed E-state index contributed by atoms with van der Waals surface area (Å²) in [4.78, 5) is 13.5. The Balaban J connectivity index is 2.15. The van der Waals surface area contributed by atoms with Crippen molar-refractivity contribution < 1.29 is 9.90 Å². The average Bonchev–Trinajstić information content (AvgIpc) is 2.73. The Hall–Kier alpha value is -0.280. The zero-order valence-electron chi connectivity index (χ0n) is 8.21. The lowest BCUT2D eigenvalue weighted by molar-refractivity contribution is -0.134. The van der Waals surface area contributed by atoms with Crippen LogP contribution in [0.4, 0.5) is 0 Å². The molecule has 14 heavy (non-hydrogen) atoms. The number of alkyl halides is 1. The van der Waals surface area contributed by atoms with E-state index in [4.69, 9.17) is 11.6 Å². The highest BCUT2D eigenvalue weighted by Gasteiger charge is 2.45. The smallest absolute Gasteiger partial charge is 0.224 e. The van der Waals surface area contributed by atoms with Crippen LogP contribution < -0.4 is 0 Å². The molecule has 0 aromatic heterocycles. The minimum atomic E-state index is -0.277. The van der Waals surface area contributed by atoms with E-state index in [0.717, 1.165) is 25.7 Å². The number of rotatable bonds is 2. The number of amides is 1. The Labute approximate surface area is 89.0 Å². The maximum atomic E-state index is 11.7. The van der Waals surface area contributed by atoms with Crippen LogP contribution in [0, 0.1) is 0 Å². The number of carbonyl (C=O) groups excluding carboxylic acids is 1. The molecule has 1 N–H and O–H groups in total. The normalized spacial score (nSPS) is 31.4. The minimum absolute atomic E-state index is 0.0634. The number of halogens is 1. The second-order valence-corrected chi connectivity index (χ2v) is 5.01. The van der Waals surface area contributed by atoms with E-state index in [1.807, 2.05) is 4.90 Å². The SMILES string of the molecule is O=C1CC(Cl)CN1C1(CO)CCCC1. The fraction of sp³-hybridized carbons (Fsp3) is 0.900. The van der Waals surface area contributed by atoms with Crippen LogP contribution in [0.1, 0.15) is 32.1 Å². The Bertz CT molecular complexity index is 238. The molecule has 1 unspecified atom stereocenters. The molecule has 1 aliphatic heterocycles. The molecule has 1 aliphatic carbocycles. The van der Waals surface area contributed by atoms with E-state index in [2.05, 4.69) is 0 Å². The largest absolute Gasteiger partial charge is 0.394 e. The van der Waals surface area contributed by atoms with E-state index in [-0.39, 0.29) is 23.4 Å². The molecular weight excluding hydrogens is 202 g/mol. The zero-order chi connectivity index (χ0) is 10.2. The van der Waals surface area contributed by atoms with E-state index >= 15 is 0 Å². The van der Waals surface area contributed by atoms with Crippen molar-refractivity contribution in [3.05, 3.63) is 0 Å². The first-order valence-corrected chi connectivity index (χ1v) is 5.67. The summed E-state index contributed by atoms with van der Waals surface area (Å²) in [5.74, 6) is 0.112. The fourth-order valence-electron chi connectivity index (χ4n) is 2.67. The van der Waals surface area contributed by atoms with Crippen LogP contribution in [0.5, 0.6) is 0 Å². The van der Waals surface area contributed by atoms with Crippen LogP contribution >= 0.6 is 11.6 Å². The Morgan fingerprint density at radius 3 is 2.57 bits per heavy atom. The maximum Gasteiger partial charge on any atom is 0.224 e. The third kappa shape index (κ3) is 1.52. The van der Waals surface area contributed by atoms with E-state index in [9.17, 15) is 9.90 Å². The van der Waals surface area contributed by atoms with Crippen LogP contribution in [-0.2, 0) is 4.79 Å². The van der Waals surface area contributed by atoms with Crippen molar-refractivity contribution in [3.8, 4) is 0 Å². The molecule has 2 rings (SSSR count). The van der Waals surface area contributed by atoms with Gasteiger partial charge in [0.25, 0.3) is 0 Å². The molecule has 1 heterocycles. The van der Waals surface area contributed by atoms with Gasteiger partial charge < -0.3 is 10.0 Å². The van der Waals surface area contributed by atoms with Gasteiger partial charge in [-0.15, -0.1) is 11.6 Å². The second-order valence-electron chi connectivity index (χ2n) is 4.40. The monoisotopic (exact) mass is 217 g/mol. The Morgan fingerprint density at radius 1 is 1.50 bits per heavy atom. The molecule has 0 radical (unpaired) electrons. The number of carbonyl (C=O) groups is 1. The van der Waals surface area contributed by atoms with E-state index in [1.165, 1.54) is 0 Å². The number of hydrogen-bond donors (Lipinski definition) is 1. The Kier molecular flexibility index (Phi) is 2.71. The van der Waals surface area contributed by atoms with E-state index in [1.54, 1.807) is 0 Å². The number of hydrogen-bond acceptors (Lipinski definition) is 2. The standard InChI is InChI=1S/C10H16ClNO2/c11-8-5-9(14)12(6-8)10(7-13)3-1-2-4-10/h8,13H,1-7H2. The van der Waals surface area contributed by atoms with Crippen LogP contribution in [0.15, 0.2) is 0 Å². The highest BCUT2D eigenvalue weighted by Crippen LogP contribution is 2.38. The van der Waals surface area contributed by atoms with Crippen molar-refractivity contribution >= 4 is 17.5 Å². The molecule has 0 aromatic carbocycles. The van der Waals surface area contributed by atoms with Gasteiger partial charge in [-0.05, 0) is 12.8 Å². The van der Waals surface area contributed by atoms with Gasteiger partial charge in [0.15, 0.2) is 0 Å². The lowest BCUT2D eigenvalue weighted by Crippen LogP contribution is -2.50. The molecule has 4 heteroatoms. The summed E-state index contributed by atoms with van der Waals surface area (Å²) >= 11 is 5.96. The number of aliphatic hydroxyl groups excluding tert-OH is 1. The number of nitrogens with zero attached hydrogens (tertiary/aromatic N) is 1. The minimum Gasteiger partial charge on any atom is -0.394 e. The average molecular weight is 218 g/mol. The molecule has 0 aromatic rings. The third-order valence-corrected chi connectivity index (χ3v) is 3.77. The molecule has 0 bridgehead atoms. The van der Waals surface area contributed by atoms with Crippen LogP contribution in [0.3, 0.4) is 0 Å².